The summed E-state index contributed by atoms with van der Waals surface area (Å²) >= 11 is 0. The zero-order valence-corrected chi connectivity index (χ0v) is 16.8. The van der Waals surface area contributed by atoms with E-state index in [0.29, 0.717) is 25.7 Å². The summed E-state index contributed by atoms with van der Waals surface area (Å²) in [7, 11) is 1.31. The molecule has 1 N–H and O–H groups in total. The molecule has 4 rings (SSSR count). The molecule has 0 radical (unpaired) electrons. The number of fused-ring (bicyclic) bond motifs is 2. The van der Waals surface area contributed by atoms with Crippen LogP contribution in [0.4, 0.5) is 0 Å². The SMILES string of the molecule is C=C[C@@]1(C)CC[C@]2(O)[C@@]3(C(=O)OC)CCCC(C)(C)[C@@H]3C(=O)C(=O)[C@@]23C[C@@H]13. The van der Waals surface area contributed by atoms with Crippen LogP contribution in [-0.2, 0) is 19.1 Å². The maximum Gasteiger partial charge on any atom is 0.315 e. The van der Waals surface area contributed by atoms with Gasteiger partial charge in [-0.2, -0.15) is 0 Å². The standard InChI is InChI=1S/C22H30O5/c1-6-19(4)10-11-22(26)20(17(25)27-5)9-7-8-18(2,3)15(20)14(23)16(24)21(22)12-13(19)21/h6,13,15,26H,1,7-12H2,2-5H3/t13-,15-,19-,20-,21-,22-/m0/s1. The molecule has 148 valence electrons. The Balaban J connectivity index is 1.99. The van der Waals surface area contributed by atoms with Crippen molar-refractivity contribution in [3.05, 3.63) is 12.7 Å². The van der Waals surface area contributed by atoms with Crippen LogP contribution in [0.15, 0.2) is 12.7 Å². The third-order valence-corrected chi connectivity index (χ3v) is 8.83. The van der Waals surface area contributed by atoms with E-state index in [1.165, 1.54) is 7.11 Å². The molecule has 0 aromatic heterocycles. The van der Waals surface area contributed by atoms with Gasteiger partial charge in [-0.05, 0) is 48.9 Å². The number of rotatable bonds is 2. The van der Waals surface area contributed by atoms with E-state index >= 15 is 0 Å². The smallest absolute Gasteiger partial charge is 0.315 e. The summed E-state index contributed by atoms with van der Waals surface area (Å²) in [6.07, 6.45) is 5.12. The van der Waals surface area contributed by atoms with Crippen LogP contribution in [0.25, 0.3) is 0 Å². The molecule has 5 nitrogen and oxygen atoms in total. The van der Waals surface area contributed by atoms with E-state index in [2.05, 4.69) is 6.58 Å². The molecular formula is C22H30O5. The molecule has 27 heavy (non-hydrogen) atoms. The molecule has 0 amide bonds. The average molecular weight is 374 g/mol. The van der Waals surface area contributed by atoms with Crippen LogP contribution < -0.4 is 0 Å². The first kappa shape index (κ1) is 18.9. The minimum Gasteiger partial charge on any atom is -0.468 e. The number of aliphatic hydroxyl groups is 1. The molecule has 5 heteroatoms. The maximum atomic E-state index is 13.4. The molecule has 6 atom stereocenters. The number of Topliss-reactive ketones (excluding diaryl/α,β-unsaturated/α-hetero) is 2. The normalized spacial score (nSPS) is 50.1. The van der Waals surface area contributed by atoms with Gasteiger partial charge in [0.1, 0.15) is 5.41 Å². The molecule has 0 unspecified atom stereocenters. The molecule has 0 aromatic rings. The number of carbonyl (C=O) groups is 3. The second-order valence-electron chi connectivity index (χ2n) is 10.2. The summed E-state index contributed by atoms with van der Waals surface area (Å²) in [6.45, 7) is 9.84. The van der Waals surface area contributed by atoms with E-state index in [0.717, 1.165) is 12.8 Å². The van der Waals surface area contributed by atoms with Crippen LogP contribution >= 0.6 is 0 Å². The van der Waals surface area contributed by atoms with Gasteiger partial charge in [0.15, 0.2) is 0 Å². The number of hydrogen-bond acceptors (Lipinski definition) is 5. The predicted octanol–water partition coefficient (Wildman–Crippen LogP) is 2.85. The highest BCUT2D eigenvalue weighted by atomic mass is 16.5. The summed E-state index contributed by atoms with van der Waals surface area (Å²) in [5.74, 6) is -2.46. The molecule has 0 heterocycles. The average Bonchev–Trinajstić information content (AvgIpc) is 3.40. The number of carbonyl (C=O) groups excluding carboxylic acids is 3. The van der Waals surface area contributed by atoms with Gasteiger partial charge in [0.05, 0.1) is 18.1 Å². The van der Waals surface area contributed by atoms with Crippen LogP contribution in [-0.4, -0.2) is 35.4 Å². The number of allylic oxidation sites excluding steroid dienone is 1. The van der Waals surface area contributed by atoms with Gasteiger partial charge in [0.2, 0.25) is 11.6 Å². The van der Waals surface area contributed by atoms with Crippen molar-refractivity contribution in [2.75, 3.05) is 7.11 Å². The first-order valence-electron chi connectivity index (χ1n) is 10.0. The molecule has 4 saturated carbocycles. The van der Waals surface area contributed by atoms with Crippen LogP contribution in [0.1, 0.15) is 59.3 Å². The monoisotopic (exact) mass is 374 g/mol. The van der Waals surface area contributed by atoms with Crippen molar-refractivity contribution >= 4 is 17.5 Å². The van der Waals surface area contributed by atoms with Crippen molar-refractivity contribution in [2.24, 2.45) is 33.5 Å². The minimum absolute atomic E-state index is 0.148. The lowest BCUT2D eigenvalue weighted by Crippen LogP contribution is -2.75. The van der Waals surface area contributed by atoms with Gasteiger partial charge in [-0.25, -0.2) is 0 Å². The Hall–Kier alpha value is -1.49. The number of esters is 1. The quantitative estimate of drug-likeness (QED) is 0.457. The van der Waals surface area contributed by atoms with Crippen molar-refractivity contribution in [3.63, 3.8) is 0 Å². The van der Waals surface area contributed by atoms with Crippen molar-refractivity contribution < 1.29 is 24.2 Å². The van der Waals surface area contributed by atoms with Crippen LogP contribution in [0.3, 0.4) is 0 Å². The van der Waals surface area contributed by atoms with Crippen molar-refractivity contribution in [2.45, 2.75) is 64.9 Å². The van der Waals surface area contributed by atoms with Gasteiger partial charge >= 0.3 is 5.97 Å². The number of ketones is 2. The second-order valence-corrected chi connectivity index (χ2v) is 10.2. The lowest BCUT2D eigenvalue weighted by atomic mass is 9.39. The van der Waals surface area contributed by atoms with Gasteiger partial charge in [0.25, 0.3) is 0 Å². The molecule has 4 aliphatic carbocycles. The molecule has 4 aliphatic rings. The first-order chi connectivity index (χ1) is 12.5. The predicted molar refractivity (Wildman–Crippen MR) is 98.6 cm³/mol. The molecule has 1 spiro atoms. The Kier molecular flexibility index (Phi) is 3.57. The second kappa shape index (κ2) is 5.11. The third kappa shape index (κ3) is 1.78. The Labute approximate surface area is 160 Å². The fourth-order valence-electron chi connectivity index (χ4n) is 7.39. The maximum absolute atomic E-state index is 13.4. The lowest BCUT2D eigenvalue weighted by Gasteiger charge is -2.63. The molecular weight excluding hydrogens is 344 g/mol. The Morgan fingerprint density at radius 1 is 1.19 bits per heavy atom. The summed E-state index contributed by atoms with van der Waals surface area (Å²) in [5.41, 5.74) is -4.89. The van der Waals surface area contributed by atoms with E-state index in [4.69, 9.17) is 4.74 Å². The highest BCUT2D eigenvalue weighted by Crippen LogP contribution is 2.80. The number of ether oxygens (including phenoxy) is 1. The third-order valence-electron chi connectivity index (χ3n) is 8.83. The molecule has 0 bridgehead atoms. The Morgan fingerprint density at radius 2 is 1.85 bits per heavy atom. The van der Waals surface area contributed by atoms with Gasteiger partial charge in [-0.15, -0.1) is 6.58 Å². The van der Waals surface area contributed by atoms with Gasteiger partial charge < -0.3 is 9.84 Å². The number of hydrogen-bond donors (Lipinski definition) is 1. The van der Waals surface area contributed by atoms with Gasteiger partial charge in [-0.3, -0.25) is 14.4 Å². The fraction of sp³-hybridized carbons (Fsp3) is 0.773. The molecule has 0 aliphatic heterocycles. The summed E-state index contributed by atoms with van der Waals surface area (Å²) in [5, 5.41) is 12.2. The molecule has 4 fully saturated rings. The van der Waals surface area contributed by atoms with E-state index in [9.17, 15) is 19.5 Å². The summed E-state index contributed by atoms with van der Waals surface area (Å²) in [6, 6.07) is 0. The zero-order valence-electron chi connectivity index (χ0n) is 16.8. The van der Waals surface area contributed by atoms with Crippen molar-refractivity contribution in [3.8, 4) is 0 Å². The van der Waals surface area contributed by atoms with Crippen LogP contribution in [0.2, 0.25) is 0 Å². The van der Waals surface area contributed by atoms with Crippen molar-refractivity contribution in [1.29, 1.82) is 0 Å². The van der Waals surface area contributed by atoms with Gasteiger partial charge in [-0.1, -0.05) is 33.3 Å². The Morgan fingerprint density at radius 3 is 2.44 bits per heavy atom. The lowest BCUT2D eigenvalue weighted by molar-refractivity contribution is -0.240. The molecule has 0 saturated heterocycles. The van der Waals surface area contributed by atoms with Crippen LogP contribution in [0, 0.1) is 33.5 Å². The minimum atomic E-state index is -1.53. The first-order valence-corrected chi connectivity index (χ1v) is 10.0. The topological polar surface area (TPSA) is 80.7 Å². The number of methoxy groups -OCH3 is 1. The summed E-state index contributed by atoms with van der Waals surface area (Å²) < 4.78 is 5.20. The fourth-order valence-corrected chi connectivity index (χ4v) is 7.39. The largest absolute Gasteiger partial charge is 0.468 e. The van der Waals surface area contributed by atoms with Crippen molar-refractivity contribution in [1.82, 2.24) is 0 Å². The zero-order chi connectivity index (χ0) is 20.0. The summed E-state index contributed by atoms with van der Waals surface area (Å²) in [4.78, 5) is 40.1. The van der Waals surface area contributed by atoms with Crippen LogP contribution in [0.5, 0.6) is 0 Å². The molecule has 0 aromatic carbocycles. The van der Waals surface area contributed by atoms with Gasteiger partial charge in [0, 0.05) is 5.92 Å². The Bertz CT molecular complexity index is 769. The van der Waals surface area contributed by atoms with E-state index in [1.54, 1.807) is 0 Å². The highest BCUT2D eigenvalue weighted by Gasteiger charge is 2.88. The highest BCUT2D eigenvalue weighted by molar-refractivity contribution is 6.43. The van der Waals surface area contributed by atoms with E-state index in [-0.39, 0.29) is 11.3 Å². The van der Waals surface area contributed by atoms with E-state index < -0.39 is 45.3 Å². The van der Waals surface area contributed by atoms with E-state index in [1.807, 2.05) is 26.8 Å².